The van der Waals surface area contributed by atoms with Gasteiger partial charge in [-0.25, -0.2) is 0 Å². The van der Waals surface area contributed by atoms with Gasteiger partial charge < -0.3 is 9.39 Å². The molecule has 0 saturated heterocycles. The third kappa shape index (κ3) is 9.35. The van der Waals surface area contributed by atoms with Crippen LogP contribution in [-0.4, -0.2) is 34.4 Å². The van der Waals surface area contributed by atoms with Crippen molar-refractivity contribution in [3.8, 4) is 0 Å². The second kappa shape index (κ2) is 11.2. The summed E-state index contributed by atoms with van der Waals surface area (Å²) in [6.45, 7) is 1.06. The van der Waals surface area contributed by atoms with Gasteiger partial charge in [-0.15, -0.1) is 12.6 Å². The van der Waals surface area contributed by atoms with E-state index < -0.39 is 32.4 Å². The van der Waals surface area contributed by atoms with Gasteiger partial charge in [-0.05, 0) is 0 Å². The number of carboxylic acid groups (broad SMARTS) is 1. The molecule has 0 aromatic rings. The smallest absolute Gasteiger partial charge is 1.00 e. The molecule has 0 fully saturated rings. The minimum Gasteiger partial charge on any atom is -1.00 e. The molecular weight excluding hydrogens is 289 g/mol. The minimum absolute atomic E-state index is 0. The van der Waals surface area contributed by atoms with Gasteiger partial charge in [-0.3, -0.25) is 14.1 Å². The quantitative estimate of drug-likeness (QED) is 0.270. The molecule has 2 atom stereocenters. The van der Waals surface area contributed by atoms with E-state index in [1.165, 1.54) is 0 Å². The Hall–Kier alpha value is 2.40. The SMILES string of the molecule is CC(C(=O)S)C(C(=O)O)S(=O)(=O)O.[H-].[H-].[H-].[Na+].[Na+].[Na+]. The largest absolute Gasteiger partial charge is 1.00 e. The molecule has 0 bridgehead atoms. The minimum atomic E-state index is -4.78. The van der Waals surface area contributed by atoms with Crippen LogP contribution in [0.25, 0.3) is 0 Å². The monoisotopic (exact) mass is 300 g/mol. The Kier molecular flexibility index (Phi) is 18.9. The number of carbonyl (C=O) groups excluding carboxylic acids is 1. The van der Waals surface area contributed by atoms with Crippen molar-refractivity contribution in [3.05, 3.63) is 0 Å². The van der Waals surface area contributed by atoms with E-state index >= 15 is 0 Å². The number of carbonyl (C=O) groups is 2. The number of aliphatic carboxylic acids is 1. The van der Waals surface area contributed by atoms with Crippen LogP contribution in [-0.2, 0) is 19.7 Å². The molecule has 0 saturated carbocycles. The topological polar surface area (TPSA) is 109 Å². The molecular formula is C5H11Na3O6S2. The molecule has 0 heterocycles. The van der Waals surface area contributed by atoms with Crippen molar-refractivity contribution < 1.29 is 121 Å². The van der Waals surface area contributed by atoms with Crippen LogP contribution < -0.4 is 88.7 Å². The summed E-state index contributed by atoms with van der Waals surface area (Å²) in [6.07, 6.45) is 0. The van der Waals surface area contributed by atoms with Gasteiger partial charge in [-0.1, -0.05) is 6.92 Å². The molecule has 2 N–H and O–H groups in total. The van der Waals surface area contributed by atoms with Gasteiger partial charge in [-0.2, -0.15) is 8.42 Å². The third-order valence-corrected chi connectivity index (χ3v) is 3.07. The van der Waals surface area contributed by atoms with Crippen LogP contribution in [0.3, 0.4) is 0 Å². The van der Waals surface area contributed by atoms with Crippen molar-refractivity contribution in [1.29, 1.82) is 0 Å². The Morgan fingerprint density at radius 2 is 1.56 bits per heavy atom. The number of thiol groups is 1. The Morgan fingerprint density at radius 3 is 1.62 bits per heavy atom. The molecule has 2 unspecified atom stereocenters. The summed E-state index contributed by atoms with van der Waals surface area (Å²) >= 11 is 3.28. The van der Waals surface area contributed by atoms with Gasteiger partial charge in [0.2, 0.25) is 0 Å². The van der Waals surface area contributed by atoms with E-state index in [9.17, 15) is 18.0 Å². The van der Waals surface area contributed by atoms with Crippen LogP contribution in [0.4, 0.5) is 0 Å². The average molecular weight is 300 g/mol. The summed E-state index contributed by atoms with van der Waals surface area (Å²) in [5, 5.41) is 5.34. The maximum Gasteiger partial charge on any atom is 1.00 e. The van der Waals surface area contributed by atoms with Crippen molar-refractivity contribution in [2.75, 3.05) is 0 Å². The molecule has 0 aliphatic rings. The van der Waals surface area contributed by atoms with Crippen LogP contribution in [0.15, 0.2) is 0 Å². The summed E-state index contributed by atoms with van der Waals surface area (Å²) in [5.41, 5.74) is 0. The Balaban J connectivity index is -0.0000000480. The number of hydrogen-bond acceptors (Lipinski definition) is 4. The molecule has 16 heavy (non-hydrogen) atoms. The molecule has 0 spiro atoms. The van der Waals surface area contributed by atoms with Gasteiger partial charge in [0.25, 0.3) is 10.1 Å². The zero-order valence-electron chi connectivity index (χ0n) is 12.5. The fourth-order valence-electron chi connectivity index (χ4n) is 0.729. The number of rotatable bonds is 4. The average Bonchev–Trinajstić information content (AvgIpc) is 1.82. The fourth-order valence-corrected chi connectivity index (χ4v) is 1.87. The van der Waals surface area contributed by atoms with Crippen LogP contribution in [0.2, 0.25) is 0 Å². The molecule has 0 rings (SSSR count). The van der Waals surface area contributed by atoms with Crippen LogP contribution in [0.1, 0.15) is 11.2 Å². The van der Waals surface area contributed by atoms with Crippen LogP contribution >= 0.6 is 12.6 Å². The second-order valence-electron chi connectivity index (χ2n) is 2.40. The first-order valence-electron chi connectivity index (χ1n) is 3.10. The summed E-state index contributed by atoms with van der Waals surface area (Å²) in [5.74, 6) is -3.17. The predicted molar refractivity (Wildman–Crippen MR) is 49.5 cm³/mol. The molecule has 0 aromatic carbocycles. The van der Waals surface area contributed by atoms with E-state index in [2.05, 4.69) is 12.6 Å². The second-order valence-corrected chi connectivity index (χ2v) is 4.38. The van der Waals surface area contributed by atoms with E-state index in [4.69, 9.17) is 9.66 Å². The van der Waals surface area contributed by atoms with Crippen molar-refractivity contribution in [3.63, 3.8) is 0 Å². The summed E-state index contributed by atoms with van der Waals surface area (Å²) < 4.78 is 29.5. The summed E-state index contributed by atoms with van der Waals surface area (Å²) in [7, 11) is -4.78. The molecule has 0 aromatic heterocycles. The van der Waals surface area contributed by atoms with Crippen molar-refractivity contribution in [2.45, 2.75) is 12.2 Å². The van der Waals surface area contributed by atoms with Crippen LogP contribution in [0, 0.1) is 5.92 Å². The summed E-state index contributed by atoms with van der Waals surface area (Å²) in [6, 6.07) is 0. The number of hydrogen-bond donors (Lipinski definition) is 3. The summed E-state index contributed by atoms with van der Waals surface area (Å²) in [4.78, 5) is 20.9. The zero-order chi connectivity index (χ0) is 10.8. The molecule has 0 aliphatic carbocycles. The molecule has 0 amide bonds. The molecule has 82 valence electrons. The van der Waals surface area contributed by atoms with E-state index in [-0.39, 0.29) is 93.0 Å². The van der Waals surface area contributed by atoms with Crippen molar-refractivity contribution in [1.82, 2.24) is 0 Å². The normalized spacial score (nSPS) is 13.2. The maximum atomic E-state index is 10.6. The Bertz CT molecular complexity index is 341. The predicted octanol–water partition coefficient (Wildman–Crippen LogP) is -9.23. The van der Waals surface area contributed by atoms with E-state index in [1.54, 1.807) is 0 Å². The van der Waals surface area contributed by atoms with Gasteiger partial charge in [0, 0.05) is 0 Å². The van der Waals surface area contributed by atoms with E-state index in [0.29, 0.717) is 0 Å². The maximum absolute atomic E-state index is 10.6. The van der Waals surface area contributed by atoms with E-state index in [0.717, 1.165) is 6.92 Å². The van der Waals surface area contributed by atoms with Gasteiger partial charge >= 0.3 is 94.6 Å². The molecule has 0 radical (unpaired) electrons. The van der Waals surface area contributed by atoms with Gasteiger partial charge in [0.05, 0.1) is 5.92 Å². The first-order chi connectivity index (χ1) is 5.68. The Labute approximate surface area is 170 Å². The number of carboxylic acids is 1. The van der Waals surface area contributed by atoms with Crippen LogP contribution in [0.5, 0.6) is 0 Å². The fraction of sp³-hybridized carbons (Fsp3) is 0.600. The third-order valence-electron chi connectivity index (χ3n) is 1.41. The van der Waals surface area contributed by atoms with Crippen molar-refractivity contribution in [2.24, 2.45) is 5.92 Å². The van der Waals surface area contributed by atoms with Gasteiger partial charge in [0.1, 0.15) is 0 Å². The Morgan fingerprint density at radius 1 is 1.25 bits per heavy atom. The zero-order valence-corrected chi connectivity index (χ0v) is 17.2. The van der Waals surface area contributed by atoms with Gasteiger partial charge in [0.15, 0.2) is 10.4 Å². The van der Waals surface area contributed by atoms with Crippen molar-refractivity contribution >= 4 is 33.8 Å². The first kappa shape index (κ1) is 26.9. The molecule has 11 heteroatoms. The first-order valence-corrected chi connectivity index (χ1v) is 5.05. The molecule has 6 nitrogen and oxygen atoms in total. The van der Waals surface area contributed by atoms with E-state index in [1.807, 2.05) is 0 Å². The standard InChI is InChI=1S/C5H8O6S2.3Na.3H/c1-2(5(8)12)3(4(6)7)13(9,10)11;;;;;;/h2-3H,1H3,(H,6,7)(H,8,12)(H,9,10,11);;;;;;/q;3*+1;3*-1. The molecule has 0 aliphatic heterocycles.